The van der Waals surface area contributed by atoms with E-state index in [0.717, 1.165) is 6.33 Å². The van der Waals surface area contributed by atoms with Crippen LogP contribution in [0.15, 0.2) is 35.8 Å². The number of fused-ring (bicyclic) bond motifs is 1. The summed E-state index contributed by atoms with van der Waals surface area (Å²) in [4.78, 5) is 62.3. The lowest BCUT2D eigenvalue weighted by molar-refractivity contribution is -0.792. The van der Waals surface area contributed by atoms with Gasteiger partial charge in [-0.3, -0.25) is 18.4 Å². The summed E-state index contributed by atoms with van der Waals surface area (Å²) in [7, 11) is -16.2. The van der Waals surface area contributed by atoms with Crippen molar-refractivity contribution in [3.05, 3.63) is 36.4 Å². The molecule has 48 heavy (non-hydrogen) atoms. The van der Waals surface area contributed by atoms with E-state index in [1.54, 1.807) is 0 Å². The van der Waals surface area contributed by atoms with E-state index in [1.165, 1.54) is 35.4 Å². The van der Waals surface area contributed by atoms with Gasteiger partial charge in [-0.1, -0.05) is 0 Å². The molecule has 12 N–H and O–H groups in total. The first-order valence-electron chi connectivity index (χ1n) is 13.4. The number of primary amides is 1. The molecule has 2 aromatic rings. The predicted octanol–water partition coefficient (Wildman–Crippen LogP) is -4.23. The van der Waals surface area contributed by atoms with Crippen molar-refractivity contribution in [1.82, 2.24) is 9.97 Å². The van der Waals surface area contributed by atoms with Crippen LogP contribution in [0.4, 0.5) is 17.3 Å². The quantitative estimate of drug-likeness (QED) is 0.0685. The molecule has 264 valence electrons. The maximum absolute atomic E-state index is 12.6. The smallest absolute Gasteiger partial charge is 0.387 e. The van der Waals surface area contributed by atoms with E-state index in [4.69, 9.17) is 30.0 Å². The fourth-order valence-electron chi connectivity index (χ4n) is 4.96. The lowest BCUT2D eigenvalue weighted by atomic mass is 10.1. The van der Waals surface area contributed by atoms with Gasteiger partial charge in [0.1, 0.15) is 36.3 Å². The number of nitrogen functional groups attached to an aromatic ring is 1. The molecule has 2 saturated heterocycles. The number of pyridine rings is 1. The standard InChI is InChI=1S/C21H28N7O17P3/c22-17-12-19(25-7-24-17)28(8-26-12)21-16(44-46(33,34)35)14(30)11(43-21)6-41-48(38,39)45-47(36,37)40-5-10-13(29)15(31)20(42-10)27-3-1-2-9(4-27)18(23)32/h1-4,7-8,10-11,13-16,20-21,29-31H,5-6H2,(H7-,22,23,24,25,32,33,34,35,36,37,38,39)/p+2/t10-,11-,13-,14-,15-,16-,20-,21-/m1/s1. The van der Waals surface area contributed by atoms with Crippen molar-refractivity contribution in [3.8, 4) is 0 Å². The Morgan fingerprint density at radius 2 is 1.62 bits per heavy atom. The number of phosphoric acid groups is 3. The molecule has 3 unspecified atom stereocenters. The lowest BCUT2D eigenvalue weighted by Gasteiger charge is -2.23. The van der Waals surface area contributed by atoms with Crippen molar-refractivity contribution in [2.24, 2.45) is 10.7 Å². The van der Waals surface area contributed by atoms with Crippen molar-refractivity contribution in [2.75, 3.05) is 18.9 Å². The number of hydrogen-bond donors (Lipinski definition) is 10. The number of ether oxygens (including phenoxy) is 2. The number of quaternary nitrogens is 1. The Balaban J connectivity index is 1.19. The number of phosphoric ester groups is 3. The summed E-state index contributed by atoms with van der Waals surface area (Å²) < 4.78 is 67.4. The molecule has 2 aromatic heterocycles. The highest BCUT2D eigenvalue weighted by Gasteiger charge is 2.55. The van der Waals surface area contributed by atoms with Crippen LogP contribution < -0.4 is 20.9 Å². The third-order valence-corrected chi connectivity index (χ3v) is 10.2. The molecule has 0 saturated carbocycles. The number of hydrogen-bond acceptors (Lipinski definition) is 17. The van der Waals surface area contributed by atoms with Gasteiger partial charge in [0.15, 0.2) is 42.4 Å². The van der Waals surface area contributed by atoms with Crippen LogP contribution in [0.3, 0.4) is 0 Å². The van der Waals surface area contributed by atoms with Gasteiger partial charge in [-0.05, 0) is 6.07 Å². The number of rotatable bonds is 13. The Labute approximate surface area is 268 Å². The van der Waals surface area contributed by atoms with Crippen LogP contribution in [-0.2, 0) is 41.1 Å². The van der Waals surface area contributed by atoms with Crippen LogP contribution in [0.25, 0.3) is 0 Å². The maximum atomic E-state index is 12.6. The first-order valence-corrected chi connectivity index (χ1v) is 18.0. The SMILES string of the molecule is NC(=O)c1ccc[n+]([C@@H]2O[C@H](COP(=O)(O)OP(=O)(O)OC[C@H]3O[C@@H]([NH+]4C=Nc5c(N)ncnc54)[C@H](OP(=O)(O)O)[C@@H]3O)[C@@H](O)[C@H]2O)c1. The van der Waals surface area contributed by atoms with Crippen molar-refractivity contribution in [1.29, 1.82) is 0 Å². The molecule has 0 radical (unpaired) electrons. The molecule has 0 bridgehead atoms. The first-order chi connectivity index (χ1) is 22.4. The highest BCUT2D eigenvalue weighted by atomic mass is 31.3. The van der Waals surface area contributed by atoms with E-state index in [1.807, 2.05) is 0 Å². The fourth-order valence-corrected chi connectivity index (χ4v) is 7.60. The van der Waals surface area contributed by atoms with Crippen LogP contribution in [0.2, 0.25) is 0 Å². The number of aromatic nitrogens is 3. The molecular weight excluding hydrogens is 715 g/mol. The maximum Gasteiger partial charge on any atom is 0.481 e. The highest BCUT2D eigenvalue weighted by molar-refractivity contribution is 7.61. The van der Waals surface area contributed by atoms with Crippen molar-refractivity contribution < 1.29 is 90.2 Å². The molecule has 5 heterocycles. The second-order valence-electron chi connectivity index (χ2n) is 10.4. The van der Waals surface area contributed by atoms with Gasteiger partial charge in [0.25, 0.3) is 18.0 Å². The molecule has 1 amide bonds. The number of aliphatic hydroxyl groups excluding tert-OH is 3. The largest absolute Gasteiger partial charge is 0.481 e. The number of carbonyl (C=O) groups excluding carboxylic acids is 1. The summed E-state index contributed by atoms with van der Waals surface area (Å²) in [6.07, 6.45) is -8.11. The van der Waals surface area contributed by atoms with Gasteiger partial charge in [-0.15, -0.1) is 0 Å². The summed E-state index contributed by atoms with van der Waals surface area (Å²) in [6, 6.07) is 2.79. The lowest BCUT2D eigenvalue weighted by Crippen LogP contribution is -3.11. The average molecular weight is 745 g/mol. The molecule has 3 aliphatic heterocycles. The Hall–Kier alpha value is -2.70. The van der Waals surface area contributed by atoms with E-state index in [-0.39, 0.29) is 27.8 Å². The normalized spacial score (nSPS) is 32.5. The second-order valence-corrected chi connectivity index (χ2v) is 14.6. The zero-order chi connectivity index (χ0) is 35.2. The van der Waals surface area contributed by atoms with Crippen molar-refractivity contribution in [3.63, 3.8) is 0 Å². The van der Waals surface area contributed by atoms with Gasteiger partial charge in [0.05, 0.1) is 13.2 Å². The summed E-state index contributed by atoms with van der Waals surface area (Å²) in [5.74, 6) is -0.740. The van der Waals surface area contributed by atoms with Gasteiger partial charge in [-0.2, -0.15) is 18.9 Å². The number of carbonyl (C=O) groups is 1. The minimum absolute atomic E-state index is 0.0370. The number of anilines is 1. The molecule has 5 rings (SSSR count). The topological polar surface area (TPSA) is 364 Å². The van der Waals surface area contributed by atoms with Gasteiger partial charge in [0.2, 0.25) is 6.23 Å². The van der Waals surface area contributed by atoms with Crippen molar-refractivity contribution in [2.45, 2.75) is 49.1 Å². The number of amides is 1. The second kappa shape index (κ2) is 13.9. The average Bonchev–Trinajstić information content (AvgIpc) is 3.64. The minimum Gasteiger partial charge on any atom is -0.387 e. The van der Waals surface area contributed by atoms with E-state index in [0.29, 0.717) is 0 Å². The monoisotopic (exact) mass is 745 g/mol. The molecule has 3 aliphatic rings. The summed E-state index contributed by atoms with van der Waals surface area (Å²) in [5, 5.41) is 31.5. The minimum atomic E-state index is -5.52. The fraction of sp³-hybridized carbons (Fsp3) is 0.476. The Morgan fingerprint density at radius 1 is 0.979 bits per heavy atom. The zero-order valence-corrected chi connectivity index (χ0v) is 26.7. The van der Waals surface area contributed by atoms with Crippen LogP contribution >= 0.6 is 23.5 Å². The van der Waals surface area contributed by atoms with Crippen LogP contribution in [0.5, 0.6) is 0 Å². The van der Waals surface area contributed by atoms with Gasteiger partial charge in [-0.25, -0.2) is 23.6 Å². The molecule has 0 aromatic carbocycles. The summed E-state index contributed by atoms with van der Waals surface area (Å²) >= 11 is 0. The molecular formula is C21H30N7O17P3+2. The van der Waals surface area contributed by atoms with E-state index < -0.39 is 91.7 Å². The number of aliphatic hydroxyl groups is 3. The van der Waals surface area contributed by atoms with E-state index >= 15 is 0 Å². The zero-order valence-electron chi connectivity index (χ0n) is 24.0. The number of nitrogens with zero attached hydrogens (tertiary/aromatic N) is 4. The summed E-state index contributed by atoms with van der Waals surface area (Å²) in [6.45, 7) is -2.02. The Kier molecular flexibility index (Phi) is 10.6. The van der Waals surface area contributed by atoms with Gasteiger partial charge < -0.3 is 55.8 Å². The number of nitrogens with one attached hydrogen (secondary N) is 1. The van der Waals surface area contributed by atoms with Crippen LogP contribution in [-0.4, -0.2) is 113 Å². The molecule has 11 atom stereocenters. The van der Waals surface area contributed by atoms with E-state index in [9.17, 15) is 53.4 Å². The number of aliphatic imine (C=N–C) groups is 1. The predicted molar refractivity (Wildman–Crippen MR) is 151 cm³/mol. The number of nitrogens with two attached hydrogens (primary N) is 2. The summed E-state index contributed by atoms with van der Waals surface area (Å²) in [5.41, 5.74) is 11.2. The van der Waals surface area contributed by atoms with Crippen LogP contribution in [0.1, 0.15) is 16.6 Å². The molecule has 0 spiro atoms. The third kappa shape index (κ3) is 8.18. The highest BCUT2D eigenvalue weighted by Crippen LogP contribution is 2.60. The van der Waals surface area contributed by atoms with Gasteiger partial charge >= 0.3 is 23.5 Å². The Morgan fingerprint density at radius 3 is 2.25 bits per heavy atom. The third-order valence-electron chi connectivity index (χ3n) is 7.11. The van der Waals surface area contributed by atoms with Gasteiger partial charge in [0, 0.05) is 6.07 Å². The molecule has 27 heteroatoms. The molecule has 0 aliphatic carbocycles. The Bertz CT molecular complexity index is 1720. The van der Waals surface area contributed by atoms with Crippen molar-refractivity contribution >= 4 is 53.0 Å². The first kappa shape index (κ1) is 36.6. The van der Waals surface area contributed by atoms with E-state index in [2.05, 4.69) is 23.8 Å². The molecule has 24 nitrogen and oxygen atoms in total. The van der Waals surface area contributed by atoms with Crippen LogP contribution in [0, 0.1) is 0 Å². The molecule has 2 fully saturated rings.